The maximum absolute atomic E-state index is 10.0. The number of benzene rings is 2. The second-order valence-corrected chi connectivity index (χ2v) is 5.62. The van der Waals surface area contributed by atoms with Gasteiger partial charge in [-0.2, -0.15) is 0 Å². The van der Waals surface area contributed by atoms with Gasteiger partial charge in [-0.25, -0.2) is 0 Å². The first-order valence-electron chi connectivity index (χ1n) is 6.88. The highest BCUT2D eigenvalue weighted by atomic mass is 79.9. The van der Waals surface area contributed by atoms with Gasteiger partial charge in [-0.05, 0) is 30.7 Å². The van der Waals surface area contributed by atoms with Crippen LogP contribution in [0.1, 0.15) is 30.6 Å². The zero-order valence-electron chi connectivity index (χ0n) is 12.2. The first-order chi connectivity index (χ1) is 10.2. The summed E-state index contributed by atoms with van der Waals surface area (Å²) in [5, 5.41) is 10.0. The molecule has 0 aliphatic carbocycles. The van der Waals surface area contributed by atoms with Gasteiger partial charge < -0.3 is 14.6 Å². The molecule has 4 heteroatoms. The Labute approximate surface area is 133 Å². The molecule has 1 unspecified atom stereocenters. The lowest BCUT2D eigenvalue weighted by atomic mass is 10.1. The normalized spacial score (nSPS) is 12.0. The average Bonchev–Trinajstić information content (AvgIpc) is 2.52. The van der Waals surface area contributed by atoms with E-state index < -0.39 is 6.10 Å². The van der Waals surface area contributed by atoms with E-state index in [1.165, 1.54) is 0 Å². The Morgan fingerprint density at radius 3 is 2.62 bits per heavy atom. The van der Waals surface area contributed by atoms with Crippen LogP contribution in [0.15, 0.2) is 46.9 Å². The van der Waals surface area contributed by atoms with Gasteiger partial charge in [-0.3, -0.25) is 0 Å². The van der Waals surface area contributed by atoms with Crippen LogP contribution in [0.3, 0.4) is 0 Å². The van der Waals surface area contributed by atoms with Crippen molar-refractivity contribution in [3.8, 4) is 11.5 Å². The van der Waals surface area contributed by atoms with Crippen molar-refractivity contribution in [2.45, 2.75) is 26.1 Å². The summed E-state index contributed by atoms with van der Waals surface area (Å²) >= 11 is 3.45. The molecule has 112 valence electrons. The number of halogens is 1. The summed E-state index contributed by atoms with van der Waals surface area (Å²) in [4.78, 5) is 0. The fourth-order valence-electron chi connectivity index (χ4n) is 2.12. The standard InChI is InChI=1S/C17H19BrO3/c1-3-15(19)14-6-4-5-7-17(14)21-11-12-10-13(18)8-9-16(12)20-2/h4-10,15,19H,3,11H2,1-2H3. The number of hydrogen-bond acceptors (Lipinski definition) is 3. The van der Waals surface area contributed by atoms with E-state index in [-0.39, 0.29) is 0 Å². The lowest BCUT2D eigenvalue weighted by Gasteiger charge is -2.16. The summed E-state index contributed by atoms with van der Waals surface area (Å²) in [5.41, 5.74) is 1.77. The van der Waals surface area contributed by atoms with E-state index in [9.17, 15) is 5.11 Å². The minimum absolute atomic E-state index is 0.385. The van der Waals surface area contributed by atoms with Crippen LogP contribution in [0.4, 0.5) is 0 Å². The van der Waals surface area contributed by atoms with Crippen LogP contribution in [-0.4, -0.2) is 12.2 Å². The fourth-order valence-corrected chi connectivity index (χ4v) is 2.53. The lowest BCUT2D eigenvalue weighted by molar-refractivity contribution is 0.166. The second-order valence-electron chi connectivity index (χ2n) is 4.71. The highest BCUT2D eigenvalue weighted by Crippen LogP contribution is 2.29. The molecule has 1 atom stereocenters. The van der Waals surface area contributed by atoms with Crippen molar-refractivity contribution in [3.63, 3.8) is 0 Å². The summed E-state index contributed by atoms with van der Waals surface area (Å²) in [7, 11) is 1.64. The van der Waals surface area contributed by atoms with E-state index in [2.05, 4.69) is 15.9 Å². The molecule has 0 aliphatic heterocycles. The van der Waals surface area contributed by atoms with Crippen molar-refractivity contribution in [1.29, 1.82) is 0 Å². The number of rotatable bonds is 6. The van der Waals surface area contributed by atoms with Crippen molar-refractivity contribution in [1.82, 2.24) is 0 Å². The van der Waals surface area contributed by atoms with E-state index >= 15 is 0 Å². The number of aliphatic hydroxyl groups is 1. The zero-order chi connectivity index (χ0) is 15.2. The number of ether oxygens (including phenoxy) is 2. The Morgan fingerprint density at radius 1 is 1.14 bits per heavy atom. The van der Waals surface area contributed by atoms with Gasteiger partial charge in [0, 0.05) is 15.6 Å². The van der Waals surface area contributed by atoms with Gasteiger partial charge in [0.1, 0.15) is 18.1 Å². The fraction of sp³-hybridized carbons (Fsp3) is 0.294. The molecule has 0 radical (unpaired) electrons. The van der Waals surface area contributed by atoms with E-state index in [0.717, 1.165) is 21.3 Å². The summed E-state index contributed by atoms with van der Waals surface area (Å²) < 4.78 is 12.2. The first-order valence-corrected chi connectivity index (χ1v) is 7.67. The van der Waals surface area contributed by atoms with Gasteiger partial charge >= 0.3 is 0 Å². The molecule has 3 nitrogen and oxygen atoms in total. The largest absolute Gasteiger partial charge is 0.496 e. The third kappa shape index (κ3) is 3.99. The van der Waals surface area contributed by atoms with Crippen molar-refractivity contribution >= 4 is 15.9 Å². The van der Waals surface area contributed by atoms with Gasteiger partial charge in [-0.1, -0.05) is 41.1 Å². The van der Waals surface area contributed by atoms with Gasteiger partial charge in [-0.15, -0.1) is 0 Å². The molecule has 21 heavy (non-hydrogen) atoms. The zero-order valence-corrected chi connectivity index (χ0v) is 13.8. The molecular weight excluding hydrogens is 332 g/mol. The topological polar surface area (TPSA) is 38.7 Å². The third-order valence-electron chi connectivity index (χ3n) is 3.29. The Morgan fingerprint density at radius 2 is 1.90 bits per heavy atom. The van der Waals surface area contributed by atoms with Crippen LogP contribution in [0.25, 0.3) is 0 Å². The number of para-hydroxylation sites is 1. The van der Waals surface area contributed by atoms with Crippen LogP contribution in [0.5, 0.6) is 11.5 Å². The quantitative estimate of drug-likeness (QED) is 0.834. The lowest BCUT2D eigenvalue weighted by Crippen LogP contribution is -2.03. The molecule has 0 spiro atoms. The summed E-state index contributed by atoms with van der Waals surface area (Å²) in [6.07, 6.45) is 0.145. The highest BCUT2D eigenvalue weighted by Gasteiger charge is 2.12. The van der Waals surface area contributed by atoms with Crippen molar-refractivity contribution < 1.29 is 14.6 Å². The van der Waals surface area contributed by atoms with Crippen LogP contribution < -0.4 is 9.47 Å². The van der Waals surface area contributed by atoms with Crippen LogP contribution >= 0.6 is 15.9 Å². The Balaban J connectivity index is 2.19. The summed E-state index contributed by atoms with van der Waals surface area (Å²) in [6, 6.07) is 13.4. The van der Waals surface area contributed by atoms with Crippen molar-refractivity contribution in [2.75, 3.05) is 7.11 Å². The van der Waals surface area contributed by atoms with Crippen LogP contribution in [-0.2, 0) is 6.61 Å². The maximum Gasteiger partial charge on any atom is 0.125 e. The Hall–Kier alpha value is -1.52. The van der Waals surface area contributed by atoms with Gasteiger partial charge in [0.25, 0.3) is 0 Å². The van der Waals surface area contributed by atoms with E-state index in [4.69, 9.17) is 9.47 Å². The minimum Gasteiger partial charge on any atom is -0.496 e. The maximum atomic E-state index is 10.0. The molecule has 0 heterocycles. The van der Waals surface area contributed by atoms with E-state index in [1.54, 1.807) is 7.11 Å². The van der Waals surface area contributed by atoms with Crippen LogP contribution in [0, 0.1) is 0 Å². The summed E-state index contributed by atoms with van der Waals surface area (Å²) in [6.45, 7) is 2.33. The molecule has 0 amide bonds. The molecule has 0 bridgehead atoms. The third-order valence-corrected chi connectivity index (χ3v) is 3.78. The molecule has 0 saturated heterocycles. The van der Waals surface area contributed by atoms with Crippen LogP contribution in [0.2, 0.25) is 0 Å². The SMILES string of the molecule is CCC(O)c1ccccc1OCc1cc(Br)ccc1OC. The predicted molar refractivity (Wildman–Crippen MR) is 86.7 cm³/mol. The molecule has 1 N–H and O–H groups in total. The number of methoxy groups -OCH3 is 1. The Bertz CT molecular complexity index is 598. The highest BCUT2D eigenvalue weighted by molar-refractivity contribution is 9.10. The number of aliphatic hydroxyl groups excluding tert-OH is 1. The van der Waals surface area contributed by atoms with Gasteiger partial charge in [0.15, 0.2) is 0 Å². The monoisotopic (exact) mass is 350 g/mol. The first kappa shape index (κ1) is 15.9. The summed E-state index contributed by atoms with van der Waals surface area (Å²) in [5.74, 6) is 1.49. The van der Waals surface area contributed by atoms with Crippen molar-refractivity contribution in [3.05, 3.63) is 58.1 Å². The molecule has 2 aromatic rings. The molecular formula is C17H19BrO3. The smallest absolute Gasteiger partial charge is 0.125 e. The van der Waals surface area contributed by atoms with Crippen molar-refractivity contribution in [2.24, 2.45) is 0 Å². The minimum atomic E-state index is -0.509. The van der Waals surface area contributed by atoms with E-state index in [0.29, 0.717) is 18.8 Å². The molecule has 2 aromatic carbocycles. The molecule has 0 aliphatic rings. The average molecular weight is 351 g/mol. The molecule has 2 rings (SSSR count). The molecule has 0 aromatic heterocycles. The van der Waals surface area contributed by atoms with Gasteiger partial charge in [0.2, 0.25) is 0 Å². The second kappa shape index (κ2) is 7.48. The van der Waals surface area contributed by atoms with E-state index in [1.807, 2.05) is 49.4 Å². The predicted octanol–water partition coefficient (Wildman–Crippen LogP) is 4.48. The Kier molecular flexibility index (Phi) is 5.65. The molecule has 0 fully saturated rings. The number of hydrogen-bond donors (Lipinski definition) is 1. The molecule has 0 saturated carbocycles. The van der Waals surface area contributed by atoms with Gasteiger partial charge in [0.05, 0.1) is 13.2 Å².